The molecule has 0 fully saturated rings. The van der Waals surface area contributed by atoms with Crippen LogP contribution in [-0.2, 0) is 14.3 Å². The van der Waals surface area contributed by atoms with Crippen molar-refractivity contribution in [1.82, 2.24) is 5.32 Å². The average Bonchev–Trinajstić information content (AvgIpc) is 2.60. The van der Waals surface area contributed by atoms with Gasteiger partial charge in [0.2, 0.25) is 5.91 Å². The van der Waals surface area contributed by atoms with Gasteiger partial charge >= 0.3 is 5.97 Å². The van der Waals surface area contributed by atoms with E-state index in [0.717, 1.165) is 23.3 Å². The molecule has 0 unspecified atom stereocenters. The third-order valence-electron chi connectivity index (χ3n) is 3.44. The predicted octanol–water partition coefficient (Wildman–Crippen LogP) is 2.49. The Labute approximate surface area is 154 Å². The second-order valence-electron chi connectivity index (χ2n) is 5.91. The Morgan fingerprint density at radius 1 is 0.926 bits per heavy atom. The average molecular weight is 376 g/mol. The number of nitrogens with one attached hydrogen (secondary N) is 2. The first-order chi connectivity index (χ1) is 12.7. The van der Waals surface area contributed by atoms with Crippen molar-refractivity contribution in [1.29, 1.82) is 0 Å². The van der Waals surface area contributed by atoms with Crippen LogP contribution < -0.4 is 10.6 Å². The number of halogens is 2. The number of rotatable bonds is 6. The summed E-state index contributed by atoms with van der Waals surface area (Å²) in [6, 6.07) is 8.06. The summed E-state index contributed by atoms with van der Waals surface area (Å²) in [6.45, 7) is 2.70. The molecule has 2 aromatic carbocycles. The molecule has 8 heteroatoms. The number of carbonyl (C=O) groups is 3. The molecule has 0 aliphatic carbocycles. The van der Waals surface area contributed by atoms with Crippen LogP contribution in [0.4, 0.5) is 14.5 Å². The number of benzene rings is 2. The number of anilines is 1. The second kappa shape index (κ2) is 8.88. The zero-order chi connectivity index (χ0) is 20.0. The highest BCUT2D eigenvalue weighted by atomic mass is 19.2. The summed E-state index contributed by atoms with van der Waals surface area (Å²) >= 11 is 0. The first kappa shape index (κ1) is 20.0. The van der Waals surface area contributed by atoms with Crippen LogP contribution in [0.2, 0.25) is 0 Å². The van der Waals surface area contributed by atoms with E-state index in [1.807, 2.05) is 19.9 Å². The molecular weight excluding hydrogens is 358 g/mol. The molecule has 0 aliphatic rings. The van der Waals surface area contributed by atoms with Gasteiger partial charge in [-0.1, -0.05) is 17.2 Å². The van der Waals surface area contributed by atoms with Gasteiger partial charge in [0, 0.05) is 11.8 Å². The summed E-state index contributed by atoms with van der Waals surface area (Å²) < 4.78 is 30.8. The monoisotopic (exact) mass is 376 g/mol. The van der Waals surface area contributed by atoms with Crippen molar-refractivity contribution in [2.75, 3.05) is 18.5 Å². The smallest absolute Gasteiger partial charge is 0.338 e. The van der Waals surface area contributed by atoms with E-state index in [0.29, 0.717) is 5.56 Å². The molecule has 2 rings (SSSR count). The lowest BCUT2D eigenvalue weighted by atomic mass is 10.1. The topological polar surface area (TPSA) is 84.5 Å². The summed E-state index contributed by atoms with van der Waals surface area (Å²) in [6.07, 6.45) is 0. The normalized spacial score (nSPS) is 10.2. The molecule has 0 heterocycles. The number of hydrogen-bond acceptors (Lipinski definition) is 4. The van der Waals surface area contributed by atoms with Crippen LogP contribution >= 0.6 is 0 Å². The number of hydrogen-bond donors (Lipinski definition) is 2. The van der Waals surface area contributed by atoms with E-state index >= 15 is 0 Å². The van der Waals surface area contributed by atoms with Gasteiger partial charge in [0.25, 0.3) is 5.91 Å². The minimum absolute atomic E-state index is 0.0504. The number of amides is 2. The van der Waals surface area contributed by atoms with Gasteiger partial charge < -0.3 is 15.4 Å². The van der Waals surface area contributed by atoms with Gasteiger partial charge in [0.15, 0.2) is 18.2 Å². The van der Waals surface area contributed by atoms with Gasteiger partial charge in [-0.2, -0.15) is 0 Å². The van der Waals surface area contributed by atoms with Crippen LogP contribution in [0.25, 0.3) is 0 Å². The zero-order valence-electron chi connectivity index (χ0n) is 14.8. The lowest BCUT2D eigenvalue weighted by Crippen LogP contribution is -2.35. The van der Waals surface area contributed by atoms with E-state index in [1.165, 1.54) is 6.07 Å². The lowest BCUT2D eigenvalue weighted by molar-refractivity contribution is -0.126. The lowest BCUT2D eigenvalue weighted by Gasteiger charge is -2.08. The maximum absolute atomic E-state index is 13.1. The molecule has 0 aromatic heterocycles. The van der Waals surface area contributed by atoms with E-state index in [2.05, 4.69) is 10.6 Å². The highest BCUT2D eigenvalue weighted by Crippen LogP contribution is 2.13. The minimum atomic E-state index is -1.10. The molecule has 0 aliphatic heterocycles. The van der Waals surface area contributed by atoms with Gasteiger partial charge in [0.05, 0.1) is 12.1 Å². The second-order valence-corrected chi connectivity index (χ2v) is 5.91. The summed E-state index contributed by atoms with van der Waals surface area (Å²) in [5.41, 5.74) is 2.16. The van der Waals surface area contributed by atoms with Gasteiger partial charge in [-0.15, -0.1) is 0 Å². The van der Waals surface area contributed by atoms with Crippen molar-refractivity contribution < 1.29 is 27.9 Å². The Morgan fingerprint density at radius 3 is 2.22 bits per heavy atom. The van der Waals surface area contributed by atoms with E-state index in [4.69, 9.17) is 4.74 Å². The van der Waals surface area contributed by atoms with Gasteiger partial charge in [-0.3, -0.25) is 9.59 Å². The Balaban J connectivity index is 1.77. The SMILES string of the molecule is Cc1cc(C)cc(C(=O)OCC(=O)NCC(=O)Nc2ccc(F)c(F)c2)c1. The molecule has 142 valence electrons. The largest absolute Gasteiger partial charge is 0.452 e. The molecule has 2 N–H and O–H groups in total. The third-order valence-corrected chi connectivity index (χ3v) is 3.44. The number of ether oxygens (including phenoxy) is 1. The van der Waals surface area contributed by atoms with Crippen molar-refractivity contribution in [3.05, 3.63) is 64.7 Å². The van der Waals surface area contributed by atoms with Gasteiger partial charge in [-0.05, 0) is 38.1 Å². The maximum atomic E-state index is 13.1. The fraction of sp³-hybridized carbons (Fsp3) is 0.211. The molecule has 0 atom stereocenters. The molecule has 0 saturated heterocycles. The van der Waals surface area contributed by atoms with Crippen LogP contribution in [0, 0.1) is 25.5 Å². The van der Waals surface area contributed by atoms with Crippen molar-refractivity contribution in [3.63, 3.8) is 0 Å². The van der Waals surface area contributed by atoms with Gasteiger partial charge in [-0.25, -0.2) is 13.6 Å². The fourth-order valence-electron chi connectivity index (χ4n) is 2.32. The van der Waals surface area contributed by atoms with Crippen LogP contribution in [-0.4, -0.2) is 30.9 Å². The van der Waals surface area contributed by atoms with Gasteiger partial charge in [0.1, 0.15) is 0 Å². The molecule has 2 amide bonds. The Morgan fingerprint density at radius 2 is 1.59 bits per heavy atom. The molecule has 6 nitrogen and oxygen atoms in total. The maximum Gasteiger partial charge on any atom is 0.338 e. The quantitative estimate of drug-likeness (QED) is 0.759. The highest BCUT2D eigenvalue weighted by molar-refractivity contribution is 5.95. The number of aryl methyl sites for hydroxylation is 2. The van der Waals surface area contributed by atoms with Crippen LogP contribution in [0.3, 0.4) is 0 Å². The van der Waals surface area contributed by atoms with Crippen molar-refractivity contribution in [2.24, 2.45) is 0 Å². The minimum Gasteiger partial charge on any atom is -0.452 e. The summed E-state index contributed by atoms with van der Waals surface area (Å²) in [5, 5.41) is 4.56. The van der Waals surface area contributed by atoms with E-state index in [1.54, 1.807) is 12.1 Å². The molecule has 0 radical (unpaired) electrons. The summed E-state index contributed by atoms with van der Waals surface area (Å²) in [5.74, 6) is -4.10. The molecule has 2 aromatic rings. The Hall–Kier alpha value is -3.29. The summed E-state index contributed by atoms with van der Waals surface area (Å²) in [7, 11) is 0. The molecule has 0 saturated carbocycles. The standard InChI is InChI=1S/C19H18F2N2O4/c1-11-5-12(2)7-13(6-11)19(26)27-10-18(25)22-9-17(24)23-14-3-4-15(20)16(21)8-14/h3-8H,9-10H2,1-2H3,(H,22,25)(H,23,24). The Kier molecular flexibility index (Phi) is 6.59. The Bertz CT molecular complexity index is 864. The van der Waals surface area contributed by atoms with E-state index < -0.39 is 42.6 Å². The molecule has 0 bridgehead atoms. The third kappa shape index (κ3) is 6.18. The zero-order valence-corrected chi connectivity index (χ0v) is 14.8. The summed E-state index contributed by atoms with van der Waals surface area (Å²) in [4.78, 5) is 35.3. The van der Waals surface area contributed by atoms with E-state index in [-0.39, 0.29) is 5.69 Å². The number of carbonyl (C=O) groups excluding carboxylic acids is 3. The van der Waals surface area contributed by atoms with Crippen molar-refractivity contribution >= 4 is 23.5 Å². The first-order valence-corrected chi connectivity index (χ1v) is 8.01. The van der Waals surface area contributed by atoms with Crippen molar-refractivity contribution in [2.45, 2.75) is 13.8 Å². The molecule has 27 heavy (non-hydrogen) atoms. The molecule has 0 spiro atoms. The predicted molar refractivity (Wildman–Crippen MR) is 94.2 cm³/mol. The van der Waals surface area contributed by atoms with Crippen LogP contribution in [0.15, 0.2) is 36.4 Å². The molecular formula is C19H18F2N2O4. The first-order valence-electron chi connectivity index (χ1n) is 8.01. The highest BCUT2D eigenvalue weighted by Gasteiger charge is 2.12. The fourth-order valence-corrected chi connectivity index (χ4v) is 2.32. The van der Waals surface area contributed by atoms with Crippen LogP contribution in [0.1, 0.15) is 21.5 Å². The number of esters is 1. The van der Waals surface area contributed by atoms with E-state index in [9.17, 15) is 23.2 Å². The van der Waals surface area contributed by atoms with Crippen molar-refractivity contribution in [3.8, 4) is 0 Å². The van der Waals surface area contributed by atoms with Crippen LogP contribution in [0.5, 0.6) is 0 Å².